The molecule has 0 aliphatic carbocycles. The van der Waals surface area contributed by atoms with Crippen LogP contribution in [0.4, 0.5) is 0 Å². The van der Waals surface area contributed by atoms with Gasteiger partial charge in [-0.3, -0.25) is 9.59 Å². The lowest BCUT2D eigenvalue weighted by molar-refractivity contribution is -0.120. The lowest BCUT2D eigenvalue weighted by atomic mass is 9.97. The van der Waals surface area contributed by atoms with E-state index >= 15 is 0 Å². The number of primary amides is 1. The van der Waals surface area contributed by atoms with Crippen molar-refractivity contribution < 1.29 is 9.59 Å². The van der Waals surface area contributed by atoms with Gasteiger partial charge in [0.1, 0.15) is 6.04 Å². The minimum atomic E-state index is -0.705. The van der Waals surface area contributed by atoms with Crippen LogP contribution in [-0.4, -0.2) is 22.8 Å². The first-order valence-electron chi connectivity index (χ1n) is 8.40. The average Bonchev–Trinajstić information content (AvgIpc) is 2.62. The molecule has 0 saturated heterocycles. The Balaban J connectivity index is 2.15. The largest absolute Gasteiger partial charge is 0.368 e. The molecule has 128 valence electrons. The fourth-order valence-corrected chi connectivity index (χ4v) is 3.03. The first kappa shape index (κ1) is 16.9. The van der Waals surface area contributed by atoms with E-state index in [9.17, 15) is 9.59 Å². The molecule has 25 heavy (non-hydrogen) atoms. The zero-order valence-corrected chi connectivity index (χ0v) is 14.3. The minimum Gasteiger partial charge on any atom is -0.368 e. The van der Waals surface area contributed by atoms with Crippen molar-refractivity contribution in [1.29, 1.82) is 0 Å². The molecule has 3 aromatic rings. The molecule has 5 nitrogen and oxygen atoms in total. The maximum atomic E-state index is 13.1. The number of fused-ring (bicyclic) bond motifs is 2. The molecule has 0 aliphatic heterocycles. The predicted molar refractivity (Wildman–Crippen MR) is 99.2 cm³/mol. The Morgan fingerprint density at radius 2 is 1.56 bits per heavy atom. The van der Waals surface area contributed by atoms with Gasteiger partial charge in [0.15, 0.2) is 0 Å². The smallest absolute Gasteiger partial charge is 0.253 e. The summed E-state index contributed by atoms with van der Waals surface area (Å²) in [4.78, 5) is 29.5. The van der Waals surface area contributed by atoms with Crippen molar-refractivity contribution in [1.82, 2.24) is 10.3 Å². The van der Waals surface area contributed by atoms with Crippen molar-refractivity contribution in [2.24, 2.45) is 11.7 Å². The highest BCUT2D eigenvalue weighted by Crippen LogP contribution is 2.26. The van der Waals surface area contributed by atoms with Crippen molar-refractivity contribution >= 4 is 33.6 Å². The summed E-state index contributed by atoms with van der Waals surface area (Å²) in [6, 6.07) is 14.3. The highest BCUT2D eigenvalue weighted by molar-refractivity contribution is 6.16. The van der Waals surface area contributed by atoms with Gasteiger partial charge in [-0.05, 0) is 18.1 Å². The van der Waals surface area contributed by atoms with E-state index in [0.717, 1.165) is 28.2 Å². The summed E-state index contributed by atoms with van der Waals surface area (Å²) in [5, 5.41) is 4.34. The Hall–Kier alpha value is -2.95. The highest BCUT2D eigenvalue weighted by atomic mass is 16.2. The molecular weight excluding hydrogens is 314 g/mol. The van der Waals surface area contributed by atoms with Gasteiger partial charge in [0, 0.05) is 10.8 Å². The van der Waals surface area contributed by atoms with Crippen LogP contribution in [0.1, 0.15) is 30.6 Å². The number of carbonyl (C=O) groups excluding carboxylic acids is 2. The van der Waals surface area contributed by atoms with Gasteiger partial charge in [0.25, 0.3) is 5.91 Å². The third-order valence-electron chi connectivity index (χ3n) is 4.62. The number of rotatable bonds is 5. The third-order valence-corrected chi connectivity index (χ3v) is 4.62. The summed E-state index contributed by atoms with van der Waals surface area (Å²) >= 11 is 0. The number of benzene rings is 2. The van der Waals surface area contributed by atoms with Crippen LogP contribution in [0.3, 0.4) is 0 Å². The molecule has 0 fully saturated rings. The van der Waals surface area contributed by atoms with Gasteiger partial charge in [-0.15, -0.1) is 0 Å². The van der Waals surface area contributed by atoms with Crippen LogP contribution in [0, 0.1) is 5.92 Å². The van der Waals surface area contributed by atoms with Crippen LogP contribution >= 0.6 is 0 Å². The van der Waals surface area contributed by atoms with Crippen LogP contribution in [0.15, 0.2) is 48.5 Å². The average molecular weight is 335 g/mol. The summed E-state index contributed by atoms with van der Waals surface area (Å²) in [7, 11) is 0. The molecule has 0 radical (unpaired) electrons. The first-order valence-corrected chi connectivity index (χ1v) is 8.40. The maximum Gasteiger partial charge on any atom is 0.253 e. The summed E-state index contributed by atoms with van der Waals surface area (Å²) in [5.74, 6) is -0.870. The highest BCUT2D eigenvalue weighted by Gasteiger charge is 2.26. The SMILES string of the molecule is CC[C@@H](C)[C@H](NC(=O)c1c2ccccc2nc2ccccc12)C(N)=O. The molecule has 3 N–H and O–H groups in total. The van der Waals surface area contributed by atoms with Gasteiger partial charge in [0.2, 0.25) is 5.91 Å². The van der Waals surface area contributed by atoms with Gasteiger partial charge in [-0.2, -0.15) is 0 Å². The zero-order chi connectivity index (χ0) is 18.0. The van der Waals surface area contributed by atoms with E-state index in [1.54, 1.807) is 0 Å². The van der Waals surface area contributed by atoms with Crippen molar-refractivity contribution in [2.75, 3.05) is 0 Å². The molecule has 2 amide bonds. The maximum absolute atomic E-state index is 13.1. The number of amides is 2. The van der Waals surface area contributed by atoms with Gasteiger partial charge < -0.3 is 11.1 Å². The van der Waals surface area contributed by atoms with Gasteiger partial charge in [0.05, 0.1) is 16.6 Å². The topological polar surface area (TPSA) is 85.1 Å². The molecule has 1 aromatic heterocycles. The number of aromatic nitrogens is 1. The second-order valence-electron chi connectivity index (χ2n) is 6.26. The molecule has 3 rings (SSSR count). The monoisotopic (exact) mass is 335 g/mol. The molecule has 0 unspecified atom stereocenters. The Labute approximate surface area is 146 Å². The number of hydrogen-bond donors (Lipinski definition) is 2. The molecule has 2 atom stereocenters. The van der Waals surface area contributed by atoms with E-state index in [4.69, 9.17) is 5.73 Å². The molecule has 1 heterocycles. The number of para-hydroxylation sites is 2. The summed E-state index contributed by atoms with van der Waals surface area (Å²) in [6.07, 6.45) is 0.742. The summed E-state index contributed by atoms with van der Waals surface area (Å²) < 4.78 is 0. The standard InChI is InChI=1S/C20H21N3O2/c1-3-12(2)18(19(21)24)23-20(25)17-13-8-4-6-10-15(13)22-16-11-7-5-9-14(16)17/h4-12,18H,3H2,1-2H3,(H2,21,24)(H,23,25)/t12-,18+/m1/s1. The third kappa shape index (κ3) is 3.18. The van der Waals surface area contributed by atoms with Crippen LogP contribution in [-0.2, 0) is 4.79 Å². The zero-order valence-electron chi connectivity index (χ0n) is 14.3. The lowest BCUT2D eigenvalue weighted by Gasteiger charge is -2.22. The van der Waals surface area contributed by atoms with E-state index in [0.29, 0.717) is 5.56 Å². The van der Waals surface area contributed by atoms with E-state index in [1.165, 1.54) is 0 Å². The second-order valence-corrected chi connectivity index (χ2v) is 6.26. The van der Waals surface area contributed by atoms with E-state index in [-0.39, 0.29) is 11.8 Å². The molecule has 0 spiro atoms. The predicted octanol–water partition coefficient (Wildman–Crippen LogP) is 3.02. The van der Waals surface area contributed by atoms with Gasteiger partial charge in [-0.25, -0.2) is 4.98 Å². The molecule has 5 heteroatoms. The van der Waals surface area contributed by atoms with Crippen molar-refractivity contribution in [2.45, 2.75) is 26.3 Å². The molecule has 0 aliphatic rings. The van der Waals surface area contributed by atoms with Crippen molar-refractivity contribution in [3.63, 3.8) is 0 Å². The fraction of sp³-hybridized carbons (Fsp3) is 0.250. The molecule has 0 saturated carbocycles. The number of nitrogens with zero attached hydrogens (tertiary/aromatic N) is 1. The number of hydrogen-bond acceptors (Lipinski definition) is 3. The molecule has 0 bridgehead atoms. The van der Waals surface area contributed by atoms with Crippen LogP contribution in [0.2, 0.25) is 0 Å². The number of nitrogens with two attached hydrogens (primary N) is 1. The second kappa shape index (κ2) is 6.89. The number of pyridine rings is 1. The van der Waals surface area contributed by atoms with Gasteiger partial charge in [-0.1, -0.05) is 56.7 Å². The lowest BCUT2D eigenvalue weighted by Crippen LogP contribution is -2.48. The summed E-state index contributed by atoms with van der Waals surface area (Å²) in [5.41, 5.74) is 7.51. The van der Waals surface area contributed by atoms with E-state index in [2.05, 4.69) is 10.3 Å². The summed E-state index contributed by atoms with van der Waals surface area (Å²) in [6.45, 7) is 3.86. The Kier molecular flexibility index (Phi) is 4.65. The Bertz CT molecular complexity index is 898. The van der Waals surface area contributed by atoms with Crippen LogP contribution < -0.4 is 11.1 Å². The fourth-order valence-electron chi connectivity index (χ4n) is 3.03. The first-order chi connectivity index (χ1) is 12.0. The van der Waals surface area contributed by atoms with Crippen molar-refractivity contribution in [3.05, 3.63) is 54.1 Å². The van der Waals surface area contributed by atoms with Crippen LogP contribution in [0.5, 0.6) is 0 Å². The molecular formula is C20H21N3O2. The normalized spacial score (nSPS) is 13.5. The van der Waals surface area contributed by atoms with E-state index < -0.39 is 11.9 Å². The van der Waals surface area contributed by atoms with Gasteiger partial charge >= 0.3 is 0 Å². The van der Waals surface area contributed by atoms with E-state index in [1.807, 2.05) is 62.4 Å². The van der Waals surface area contributed by atoms with Crippen molar-refractivity contribution in [3.8, 4) is 0 Å². The minimum absolute atomic E-state index is 0.0409. The Morgan fingerprint density at radius 3 is 2.04 bits per heavy atom. The quantitative estimate of drug-likeness (QED) is 0.703. The Morgan fingerprint density at radius 1 is 1.04 bits per heavy atom. The van der Waals surface area contributed by atoms with Crippen LogP contribution in [0.25, 0.3) is 21.8 Å². The molecule has 2 aromatic carbocycles. The number of carbonyl (C=O) groups is 2. The number of nitrogens with one attached hydrogen (secondary N) is 1.